The fraction of sp³-hybridized carbons (Fsp3) is 0.320. The van der Waals surface area contributed by atoms with Gasteiger partial charge >= 0.3 is 0 Å². The quantitative estimate of drug-likeness (QED) is 0.384. The average Bonchev–Trinajstić information content (AvgIpc) is 3.51. The molecule has 180 valence electrons. The topological polar surface area (TPSA) is 109 Å². The maximum Gasteiger partial charge on any atom is 0.290 e. The molecule has 3 N–H and O–H groups in total. The van der Waals surface area contributed by atoms with E-state index >= 15 is 0 Å². The van der Waals surface area contributed by atoms with E-state index in [4.69, 9.17) is 4.98 Å². The molecule has 10 heteroatoms. The Hall–Kier alpha value is -3.08. The van der Waals surface area contributed by atoms with E-state index in [1.165, 1.54) is 5.56 Å². The minimum atomic E-state index is -0.384. The van der Waals surface area contributed by atoms with Crippen molar-refractivity contribution in [2.45, 2.75) is 44.2 Å². The smallest absolute Gasteiger partial charge is 0.290 e. The molecule has 4 heterocycles. The molecule has 5 rings (SSSR count). The number of amides is 2. The van der Waals surface area contributed by atoms with E-state index in [9.17, 15) is 9.59 Å². The number of thioether (sulfide) groups is 1. The van der Waals surface area contributed by atoms with Gasteiger partial charge in [-0.15, -0.1) is 0 Å². The molecule has 0 spiro atoms. The zero-order valence-corrected chi connectivity index (χ0v) is 20.7. The van der Waals surface area contributed by atoms with Crippen LogP contribution in [-0.4, -0.2) is 44.7 Å². The van der Waals surface area contributed by atoms with Gasteiger partial charge in [-0.25, -0.2) is 9.97 Å². The van der Waals surface area contributed by atoms with Gasteiger partial charge in [0.05, 0.1) is 16.3 Å². The van der Waals surface area contributed by atoms with Crippen molar-refractivity contribution >= 4 is 46.3 Å². The first kappa shape index (κ1) is 23.7. The molecule has 1 aliphatic carbocycles. The predicted octanol–water partition coefficient (Wildman–Crippen LogP) is 4.48. The molecule has 0 atom stereocenters. The van der Waals surface area contributed by atoms with Crippen LogP contribution in [0.4, 0.5) is 10.7 Å². The lowest BCUT2D eigenvalue weighted by Gasteiger charge is -2.29. The van der Waals surface area contributed by atoms with E-state index in [1.807, 2.05) is 0 Å². The molecule has 0 aromatic carbocycles. The van der Waals surface area contributed by atoms with Crippen LogP contribution in [0, 0.1) is 0 Å². The number of carbonyl (C=O) groups excluding carboxylic acids is 2. The Labute approximate surface area is 212 Å². The molecular formula is C25H26N6O2S2. The van der Waals surface area contributed by atoms with E-state index in [1.54, 1.807) is 29.7 Å². The number of hydrogen-bond acceptors (Lipinski definition) is 9. The Bertz CT molecular complexity index is 1220. The highest BCUT2D eigenvalue weighted by Crippen LogP contribution is 2.26. The van der Waals surface area contributed by atoms with Crippen LogP contribution in [0.2, 0.25) is 0 Å². The molecule has 1 saturated heterocycles. The van der Waals surface area contributed by atoms with E-state index in [-0.39, 0.29) is 11.1 Å². The Morgan fingerprint density at radius 2 is 1.91 bits per heavy atom. The van der Waals surface area contributed by atoms with Gasteiger partial charge in [-0.1, -0.05) is 6.07 Å². The Kier molecular flexibility index (Phi) is 7.51. The third kappa shape index (κ3) is 6.33. The minimum Gasteiger partial charge on any atom is -0.351 e. The van der Waals surface area contributed by atoms with Crippen LogP contribution in [0.5, 0.6) is 0 Å². The van der Waals surface area contributed by atoms with Crippen molar-refractivity contribution in [3.63, 3.8) is 0 Å². The summed E-state index contributed by atoms with van der Waals surface area (Å²) >= 11 is 2.58. The molecule has 3 aromatic heterocycles. The number of carbonyl (C=O) groups is 2. The first-order valence-corrected chi connectivity index (χ1v) is 13.4. The van der Waals surface area contributed by atoms with Gasteiger partial charge in [0, 0.05) is 47.9 Å². The number of hydrogen-bond donors (Lipinski definition) is 3. The van der Waals surface area contributed by atoms with Gasteiger partial charge in [0.25, 0.3) is 11.1 Å². The van der Waals surface area contributed by atoms with E-state index < -0.39 is 0 Å². The first-order chi connectivity index (χ1) is 17.1. The van der Waals surface area contributed by atoms with Crippen LogP contribution in [0.25, 0.3) is 17.3 Å². The van der Waals surface area contributed by atoms with Crippen molar-refractivity contribution < 1.29 is 9.59 Å². The summed E-state index contributed by atoms with van der Waals surface area (Å²) in [7, 11) is 0. The molecule has 8 nitrogen and oxygen atoms in total. The normalized spacial score (nSPS) is 21.3. The van der Waals surface area contributed by atoms with Crippen LogP contribution in [0.3, 0.4) is 0 Å². The average molecular weight is 507 g/mol. The van der Waals surface area contributed by atoms with Crippen molar-refractivity contribution in [3.05, 3.63) is 63.6 Å². The summed E-state index contributed by atoms with van der Waals surface area (Å²) in [5.41, 5.74) is 3.93. The zero-order valence-electron chi connectivity index (χ0n) is 19.1. The lowest BCUT2D eigenvalue weighted by atomic mass is 9.91. The largest absolute Gasteiger partial charge is 0.351 e. The van der Waals surface area contributed by atoms with Crippen LogP contribution in [-0.2, 0) is 11.2 Å². The number of anilines is 1. The maximum absolute atomic E-state index is 11.8. The molecule has 0 radical (unpaired) electrons. The standard InChI is InChI=1S/C25H26N6O2S2/c32-23-22(35-25(33)31-23)14-20-9-12-27-24(30-20)29-19-6-4-17(5-7-19)26-11-8-18-2-1-3-21(28-18)16-10-13-34-15-16/h1-3,9-10,12-15,17,19,26H,4-8,11H2,(H,27,29,30)(H,31,32,33)/b22-14+. The van der Waals surface area contributed by atoms with E-state index in [0.29, 0.717) is 28.6 Å². The highest BCUT2D eigenvalue weighted by molar-refractivity contribution is 8.18. The SMILES string of the molecule is O=C1NC(=O)/C(=C\c2ccnc(NC3CCC(NCCc4cccc(-c5ccsc5)n4)CC3)n2)S1. The number of thiophene rings is 1. The van der Waals surface area contributed by atoms with Gasteiger partial charge in [0.1, 0.15) is 0 Å². The van der Waals surface area contributed by atoms with Gasteiger partial charge in [-0.05, 0) is 73.2 Å². The second kappa shape index (κ2) is 11.1. The molecule has 0 unspecified atom stereocenters. The van der Waals surface area contributed by atoms with Crippen molar-refractivity contribution in [2.24, 2.45) is 0 Å². The Morgan fingerprint density at radius 1 is 1.06 bits per heavy atom. The highest BCUT2D eigenvalue weighted by atomic mass is 32.2. The van der Waals surface area contributed by atoms with Gasteiger partial charge in [0.15, 0.2) is 0 Å². The molecular weight excluding hydrogens is 480 g/mol. The summed E-state index contributed by atoms with van der Waals surface area (Å²) in [5.74, 6) is 0.159. The van der Waals surface area contributed by atoms with Crippen LogP contribution >= 0.6 is 23.1 Å². The second-order valence-electron chi connectivity index (χ2n) is 8.58. The minimum absolute atomic E-state index is 0.311. The van der Waals surface area contributed by atoms with E-state index in [0.717, 1.165) is 61.8 Å². The third-order valence-corrected chi connectivity index (χ3v) is 7.59. The van der Waals surface area contributed by atoms with Gasteiger partial charge in [-0.2, -0.15) is 11.3 Å². The van der Waals surface area contributed by atoms with Crippen LogP contribution in [0.15, 0.2) is 52.2 Å². The lowest BCUT2D eigenvalue weighted by Crippen LogP contribution is -2.38. The number of nitrogens with one attached hydrogen (secondary N) is 3. The maximum atomic E-state index is 11.8. The summed E-state index contributed by atoms with van der Waals surface area (Å²) in [6.07, 6.45) is 8.43. The van der Waals surface area contributed by atoms with Crippen molar-refractivity contribution in [3.8, 4) is 11.3 Å². The lowest BCUT2D eigenvalue weighted by molar-refractivity contribution is -0.115. The molecule has 0 bridgehead atoms. The predicted molar refractivity (Wildman–Crippen MR) is 140 cm³/mol. The molecule has 3 aromatic rings. The highest BCUT2D eigenvalue weighted by Gasteiger charge is 2.25. The molecule has 1 saturated carbocycles. The van der Waals surface area contributed by atoms with Crippen molar-refractivity contribution in [1.29, 1.82) is 0 Å². The molecule has 1 aliphatic heterocycles. The number of aromatic nitrogens is 3. The van der Waals surface area contributed by atoms with Crippen LogP contribution in [0.1, 0.15) is 37.1 Å². The molecule has 2 amide bonds. The van der Waals surface area contributed by atoms with E-state index in [2.05, 4.69) is 60.9 Å². The van der Waals surface area contributed by atoms with Crippen LogP contribution < -0.4 is 16.0 Å². The van der Waals surface area contributed by atoms with Gasteiger partial charge < -0.3 is 10.6 Å². The summed E-state index contributed by atoms with van der Waals surface area (Å²) in [6.45, 7) is 0.913. The summed E-state index contributed by atoms with van der Waals surface area (Å²) in [6, 6.07) is 10.9. The molecule has 35 heavy (non-hydrogen) atoms. The Morgan fingerprint density at radius 3 is 2.69 bits per heavy atom. The summed E-state index contributed by atoms with van der Waals surface area (Å²) in [5, 5.41) is 13.2. The summed E-state index contributed by atoms with van der Waals surface area (Å²) in [4.78, 5) is 37.1. The number of imide groups is 1. The summed E-state index contributed by atoms with van der Waals surface area (Å²) < 4.78 is 0. The first-order valence-electron chi connectivity index (χ1n) is 11.7. The van der Waals surface area contributed by atoms with Crippen molar-refractivity contribution in [1.82, 2.24) is 25.6 Å². The molecule has 2 aliphatic rings. The number of rotatable bonds is 8. The zero-order chi connectivity index (χ0) is 24.0. The number of pyridine rings is 1. The third-order valence-electron chi connectivity index (χ3n) is 6.10. The number of nitrogens with zero attached hydrogens (tertiary/aromatic N) is 3. The molecule has 2 fully saturated rings. The fourth-order valence-corrected chi connectivity index (χ4v) is 5.61. The Balaban J connectivity index is 1.07. The second-order valence-corrected chi connectivity index (χ2v) is 10.4. The fourth-order valence-electron chi connectivity index (χ4n) is 4.30. The van der Waals surface area contributed by atoms with Crippen molar-refractivity contribution in [2.75, 3.05) is 11.9 Å². The monoisotopic (exact) mass is 506 g/mol. The van der Waals surface area contributed by atoms with Gasteiger partial charge in [0.2, 0.25) is 5.95 Å². The van der Waals surface area contributed by atoms with Gasteiger partial charge in [-0.3, -0.25) is 19.9 Å².